The van der Waals surface area contributed by atoms with Gasteiger partial charge in [-0.1, -0.05) is 269 Å². The van der Waals surface area contributed by atoms with Crippen molar-refractivity contribution < 1.29 is 24.0 Å². The number of aryl methyl sites for hydroxylation is 4. The Labute approximate surface area is 875 Å². The molecule has 0 spiro atoms. The number of amides is 5. The number of hydrogen-bond acceptors (Lipinski definition) is 14. The number of benzene rings is 5. The van der Waals surface area contributed by atoms with E-state index in [1.165, 1.54) is 89.2 Å². The van der Waals surface area contributed by atoms with Crippen LogP contribution < -0.4 is 65.4 Å². The molecule has 10 aliphatic rings. The van der Waals surface area contributed by atoms with Gasteiger partial charge in [0.2, 0.25) is 0 Å². The molecule has 0 aliphatic heterocycles. The lowest BCUT2D eigenvalue weighted by Crippen LogP contribution is -2.40. The average Bonchev–Trinajstić information content (AvgIpc) is 1.64. The molecule has 0 bridgehead atoms. The number of aromatic nitrogens is 5. The minimum absolute atomic E-state index is 0.0276. The van der Waals surface area contributed by atoms with Crippen LogP contribution in [0.25, 0.3) is 0 Å². The zero-order valence-corrected chi connectivity index (χ0v) is 91.4. The molecule has 10 aromatic rings. The summed E-state index contributed by atoms with van der Waals surface area (Å²) in [6, 6.07) is 57.3. The van der Waals surface area contributed by atoms with Crippen molar-refractivity contribution in [3.8, 4) is 6.07 Å². The van der Waals surface area contributed by atoms with E-state index >= 15 is 0 Å². The monoisotopic (exact) mass is 2010 g/mol. The van der Waals surface area contributed by atoms with Crippen LogP contribution in [0.1, 0.15) is 411 Å². The van der Waals surface area contributed by atoms with Crippen LogP contribution >= 0.6 is 0 Å². The molecule has 24 nitrogen and oxygen atoms in total. The van der Waals surface area contributed by atoms with E-state index in [9.17, 15) is 53.2 Å². The van der Waals surface area contributed by atoms with Gasteiger partial charge in [-0.15, -0.1) is 0 Å². The number of carbonyl (C=O) groups excluding carboxylic acids is 5. The Morgan fingerprint density at radius 2 is 0.490 bits per heavy atom. The number of nitrogens with two attached hydrogens (primary N) is 1. The van der Waals surface area contributed by atoms with E-state index in [0.29, 0.717) is 5.56 Å². The summed E-state index contributed by atoms with van der Waals surface area (Å²) in [4.78, 5) is 130. The second-order valence-electron chi connectivity index (χ2n) is 38.6. The molecule has 5 atom stereocenters. The molecule has 0 saturated heterocycles. The van der Waals surface area contributed by atoms with E-state index in [2.05, 4.69) is 105 Å². The van der Waals surface area contributed by atoms with Crippen LogP contribution in [0.4, 0.5) is 0 Å². The Hall–Kier alpha value is -12.4. The third-order valence-electron chi connectivity index (χ3n) is 28.6. The highest BCUT2D eigenvalue weighted by Gasteiger charge is 2.35. The van der Waals surface area contributed by atoms with Crippen molar-refractivity contribution in [2.24, 2.45) is 5.73 Å². The first-order chi connectivity index (χ1) is 71.7. The number of carbonyl (C=O) groups is 5. The Morgan fingerprint density at radius 3 is 0.735 bits per heavy atom. The van der Waals surface area contributed by atoms with Gasteiger partial charge in [0.25, 0.3) is 57.3 Å². The van der Waals surface area contributed by atoms with Gasteiger partial charge in [-0.05, 0) is 306 Å². The van der Waals surface area contributed by atoms with Gasteiger partial charge in [-0.3, -0.25) is 47.9 Å². The van der Waals surface area contributed by atoms with Gasteiger partial charge in [-0.2, -0.15) is 5.26 Å². The summed E-state index contributed by atoms with van der Waals surface area (Å²) < 4.78 is 8.62. The van der Waals surface area contributed by atoms with Crippen molar-refractivity contribution in [2.45, 2.75) is 361 Å². The normalized spacial score (nSPS) is 18.0. The minimum atomic E-state index is -0.273. The molecular formula is C123H172N14O10. The number of pyridine rings is 5. The lowest BCUT2D eigenvalue weighted by molar-refractivity contribution is 0.0917. The van der Waals surface area contributed by atoms with Crippen LogP contribution in [-0.4, -0.2) is 130 Å². The molecular weight excluding hydrogens is 1830 g/mol. The number of nitrogens with one attached hydrogen (secondary N) is 6. The first kappa shape index (κ1) is 120. The lowest BCUT2D eigenvalue weighted by atomic mass is 9.95. The van der Waals surface area contributed by atoms with Gasteiger partial charge in [0.1, 0.15) is 27.8 Å². The predicted octanol–water partition coefficient (Wildman–Crippen LogP) is 22.1. The van der Waals surface area contributed by atoms with E-state index in [-0.39, 0.29) is 146 Å². The zero-order chi connectivity index (χ0) is 107. The smallest absolute Gasteiger partial charge is 0.263 e. The maximum absolute atomic E-state index is 13.0. The molecule has 5 unspecified atom stereocenters. The zero-order valence-electron chi connectivity index (χ0n) is 91.4. The Kier molecular flexibility index (Phi) is 52.1. The fourth-order valence-electron chi connectivity index (χ4n) is 21.8. The van der Waals surface area contributed by atoms with Crippen LogP contribution in [0, 0.1) is 18.3 Å². The molecule has 5 aromatic carbocycles. The van der Waals surface area contributed by atoms with Crippen LogP contribution in [-0.2, 0) is 32.1 Å². The van der Waals surface area contributed by atoms with Crippen LogP contribution in [0.5, 0.6) is 0 Å². The molecule has 5 aromatic heterocycles. The Bertz CT molecular complexity index is 5790. The summed E-state index contributed by atoms with van der Waals surface area (Å²) in [6.07, 6.45) is 45.9. The van der Waals surface area contributed by atoms with Gasteiger partial charge < -0.3 is 65.4 Å². The van der Waals surface area contributed by atoms with E-state index in [4.69, 9.17) is 0 Å². The first-order valence-corrected chi connectivity index (χ1v) is 55.4. The molecule has 5 heterocycles. The van der Waals surface area contributed by atoms with Crippen molar-refractivity contribution in [1.29, 1.82) is 5.26 Å². The molecule has 5 amide bonds. The highest BCUT2D eigenvalue weighted by atomic mass is 16.2. The van der Waals surface area contributed by atoms with E-state index in [0.717, 1.165) is 204 Å². The van der Waals surface area contributed by atoms with E-state index in [1.807, 2.05) is 213 Å². The van der Waals surface area contributed by atoms with Crippen molar-refractivity contribution >= 4 is 29.5 Å². The summed E-state index contributed by atoms with van der Waals surface area (Å²) >= 11 is 0. The summed E-state index contributed by atoms with van der Waals surface area (Å²) in [5.74, 6) is -1.17. The van der Waals surface area contributed by atoms with Crippen molar-refractivity contribution in [3.05, 3.63) is 347 Å². The highest BCUT2D eigenvalue weighted by Crippen LogP contribution is 2.40. The second kappa shape index (κ2) is 64.0. The maximum Gasteiger partial charge on any atom is 0.263 e. The molecule has 5 saturated carbocycles. The number of nitrogens with zero attached hydrogens (tertiary/aromatic N) is 7. The van der Waals surface area contributed by atoms with Crippen molar-refractivity contribution in [1.82, 2.24) is 59.6 Å². The summed E-state index contributed by atoms with van der Waals surface area (Å²) in [7, 11) is 11.2. The Morgan fingerprint density at radius 1 is 0.286 bits per heavy atom. The fraction of sp³-hybridized carbons (Fsp3) is 0.504. The second-order valence-corrected chi connectivity index (χ2v) is 38.6. The molecule has 24 heteroatoms. The molecule has 5 fully saturated rings. The summed E-state index contributed by atoms with van der Waals surface area (Å²) in [5, 5.41) is 27.4. The average molecular weight is 2010 g/mol. The SMILES string of the molecule is CC.CC.CC.CC.CC.CN.CN(C)C.CNC.Cc1cccc2c1CCC2n1cccc(C(=O)NC2CCCCC2)c1=O.N#Cc1cccc2c1CCC2n1cccc(C(=O)NC2CCCCC2)c1=O.O=C(NC1CCCCC1)c1cccn(C2CCc3ccccc32)c1=O.O=C(NC1CCCCC1)c1cccn(C2CCc3ccccc32)c1=O.O=C(NC1CCCCC1)c1cccn(C2CCc3ccccc32)c1=O. The van der Waals surface area contributed by atoms with Crippen molar-refractivity contribution in [3.63, 3.8) is 0 Å². The number of fused-ring (bicyclic) bond motifs is 5. The number of hydrogen-bond donors (Lipinski definition) is 7. The summed E-state index contributed by atoms with van der Waals surface area (Å²) in [5.41, 5.74) is 18.8. The van der Waals surface area contributed by atoms with Crippen LogP contribution in [0.2, 0.25) is 0 Å². The summed E-state index contributed by atoms with van der Waals surface area (Å²) in [6.45, 7) is 22.1. The van der Waals surface area contributed by atoms with Gasteiger partial charge in [-0.25, -0.2) is 0 Å². The molecule has 794 valence electrons. The largest absolute Gasteiger partial charge is 0.349 e. The quantitative estimate of drug-likeness (QED) is 0.0502. The van der Waals surface area contributed by atoms with E-state index in [1.54, 1.807) is 65.4 Å². The first-order valence-electron chi connectivity index (χ1n) is 55.4. The minimum Gasteiger partial charge on any atom is -0.349 e. The standard InChI is InChI=1S/C22H23N3O2.C22H26N2O2.3C21H24N2O2.C3H9N.C2H7N.5C2H6.CH5N/c23-14-15-6-4-9-18-17(15)11-12-20(18)25-13-5-10-19(22(25)27)21(26)24-16-7-2-1-3-8-16;1-15-7-5-10-18-17(15)12-13-20(18)24-14-6-11-19(22(24)26)21(25)23-16-8-3-2-4-9-16;3*24-20(22-16-8-2-1-3-9-16)18-11-6-14-23(21(18)25)19-13-12-15-7-4-5-10-17(15)19;1-4(2)3;1-3-2;6*1-2/h4-6,9-10,13,16,20H,1-3,7-8,11-12H2,(H,24,26);5-7,10-11,14,16,20H,2-4,8-9,12-13H2,1H3,(H,23,25);3*4-7,10-11,14,16,19H,1-3,8-9,12-13H2,(H,22,24);1-3H3;3H,1-2H3;5*1-2H3;2H2,1H3. The van der Waals surface area contributed by atoms with Gasteiger partial charge in [0.05, 0.1) is 41.8 Å². The highest BCUT2D eigenvalue weighted by molar-refractivity contribution is 5.96. The van der Waals surface area contributed by atoms with Gasteiger partial charge in [0, 0.05) is 61.2 Å². The number of rotatable bonds is 15. The molecule has 147 heavy (non-hydrogen) atoms. The third-order valence-corrected chi connectivity index (χ3v) is 28.6. The van der Waals surface area contributed by atoms with Crippen LogP contribution in [0.15, 0.2) is 225 Å². The van der Waals surface area contributed by atoms with E-state index < -0.39 is 0 Å². The Balaban J connectivity index is 0.000000215. The molecule has 20 rings (SSSR count). The topological polar surface area (TPSA) is 321 Å². The van der Waals surface area contributed by atoms with Gasteiger partial charge in [0.15, 0.2) is 0 Å². The molecule has 10 aliphatic carbocycles. The third kappa shape index (κ3) is 32.8. The predicted molar refractivity (Wildman–Crippen MR) is 601 cm³/mol. The number of nitriles is 1. The molecule has 8 N–H and O–H groups in total. The van der Waals surface area contributed by atoms with Gasteiger partial charge >= 0.3 is 0 Å². The molecule has 0 radical (unpaired) electrons. The lowest BCUT2D eigenvalue weighted by Gasteiger charge is -2.23. The maximum atomic E-state index is 13.0. The van der Waals surface area contributed by atoms with Crippen molar-refractivity contribution in [2.75, 3.05) is 42.3 Å². The van der Waals surface area contributed by atoms with Crippen LogP contribution in [0.3, 0.4) is 0 Å². The fourth-order valence-corrected chi connectivity index (χ4v) is 21.8.